The molecule has 0 saturated carbocycles. The highest BCUT2D eigenvalue weighted by Gasteiger charge is 2.29. The third kappa shape index (κ3) is 4.12. The molecule has 0 N–H and O–H groups in total. The number of benzene rings is 7. The summed E-state index contributed by atoms with van der Waals surface area (Å²) in [6, 6.07) is 57.0. The van der Waals surface area contributed by atoms with Crippen molar-refractivity contribution in [2.24, 2.45) is 0 Å². The van der Waals surface area contributed by atoms with E-state index in [-0.39, 0.29) is 0 Å². The summed E-state index contributed by atoms with van der Waals surface area (Å²) in [7, 11) is 0. The Hall–Kier alpha value is -5.55. The molecule has 0 unspecified atom stereocenters. The molecule has 220 valence electrons. The number of hydrogen-bond donors (Lipinski definition) is 0. The van der Waals surface area contributed by atoms with Crippen LogP contribution in [-0.2, 0) is 0 Å². The normalized spacial score (nSPS) is 11.8. The summed E-state index contributed by atoms with van der Waals surface area (Å²) in [6.07, 6.45) is 0. The first kappa shape index (κ1) is 26.6. The van der Waals surface area contributed by atoms with Crippen molar-refractivity contribution in [2.45, 2.75) is 0 Å². The zero-order valence-corrected chi connectivity index (χ0v) is 26.9. The summed E-state index contributed by atoms with van der Waals surface area (Å²) in [5.41, 5.74) is 10.7. The van der Waals surface area contributed by atoms with E-state index < -0.39 is 0 Å². The van der Waals surface area contributed by atoms with Crippen molar-refractivity contribution >= 4 is 70.7 Å². The molecule has 47 heavy (non-hydrogen) atoms. The summed E-state index contributed by atoms with van der Waals surface area (Å²) in [5, 5.41) is 6.18. The highest BCUT2D eigenvalue weighted by molar-refractivity contribution is 7.26. The second-order valence-electron chi connectivity index (χ2n) is 11.9. The lowest BCUT2D eigenvalue weighted by molar-refractivity contribution is 1.32. The molecule has 2 aromatic heterocycles. The van der Waals surface area contributed by atoms with Gasteiger partial charge in [0, 0.05) is 48.6 Å². The second-order valence-corrected chi connectivity index (χ2v) is 14.0. The van der Waals surface area contributed by atoms with Gasteiger partial charge in [-0.15, -0.1) is 22.7 Å². The molecule has 4 heteroatoms. The van der Waals surface area contributed by atoms with Gasteiger partial charge in [0.25, 0.3) is 0 Å². The molecule has 2 heterocycles. The van der Waals surface area contributed by atoms with Crippen LogP contribution in [-0.4, -0.2) is 4.98 Å². The maximum Gasteiger partial charge on any atom is 0.124 e. The van der Waals surface area contributed by atoms with Crippen molar-refractivity contribution in [1.29, 1.82) is 0 Å². The third-order valence-corrected chi connectivity index (χ3v) is 11.6. The SMILES string of the molecule is c1ccc(-c2ccc(N(c3ccc4c5c(cccc35)-c3sc(-c5ccccc5)nc3-4)c3cccc4c3sc3ccccc34)cc2)cc1. The van der Waals surface area contributed by atoms with Crippen molar-refractivity contribution in [3.8, 4) is 43.4 Å². The van der Waals surface area contributed by atoms with Gasteiger partial charge in [0.05, 0.1) is 26.6 Å². The van der Waals surface area contributed by atoms with Gasteiger partial charge >= 0.3 is 0 Å². The molecular weight excluding hydrogens is 609 g/mol. The minimum absolute atomic E-state index is 1.07. The zero-order chi connectivity index (χ0) is 30.9. The number of anilines is 3. The summed E-state index contributed by atoms with van der Waals surface area (Å²) in [5.74, 6) is 0. The third-order valence-electron chi connectivity index (χ3n) is 9.26. The van der Waals surface area contributed by atoms with Crippen LogP contribution in [0.3, 0.4) is 0 Å². The lowest BCUT2D eigenvalue weighted by atomic mass is 10.00. The molecule has 7 aromatic carbocycles. The summed E-state index contributed by atoms with van der Waals surface area (Å²) >= 11 is 3.66. The lowest BCUT2D eigenvalue weighted by Gasteiger charge is -2.28. The van der Waals surface area contributed by atoms with E-state index in [1.807, 2.05) is 11.3 Å². The molecule has 1 aliphatic rings. The molecule has 0 bridgehead atoms. The number of thiazole rings is 1. The molecular formula is C43H26N2S2. The van der Waals surface area contributed by atoms with E-state index in [0.717, 1.165) is 16.4 Å². The van der Waals surface area contributed by atoms with E-state index in [4.69, 9.17) is 4.98 Å². The number of rotatable bonds is 5. The van der Waals surface area contributed by atoms with Crippen LogP contribution in [0.15, 0.2) is 158 Å². The van der Waals surface area contributed by atoms with Gasteiger partial charge in [-0.2, -0.15) is 0 Å². The van der Waals surface area contributed by atoms with Crippen LogP contribution in [0.1, 0.15) is 0 Å². The Morgan fingerprint density at radius 3 is 1.96 bits per heavy atom. The van der Waals surface area contributed by atoms with E-state index in [1.165, 1.54) is 75.0 Å². The van der Waals surface area contributed by atoms with E-state index in [0.29, 0.717) is 0 Å². The largest absolute Gasteiger partial charge is 0.308 e. The Morgan fingerprint density at radius 2 is 1.13 bits per heavy atom. The molecule has 0 aliphatic heterocycles. The van der Waals surface area contributed by atoms with Crippen LogP contribution in [0.25, 0.3) is 74.3 Å². The molecule has 0 amide bonds. The van der Waals surface area contributed by atoms with E-state index in [2.05, 4.69) is 163 Å². The summed E-state index contributed by atoms with van der Waals surface area (Å²) < 4.78 is 2.59. The predicted molar refractivity (Wildman–Crippen MR) is 202 cm³/mol. The van der Waals surface area contributed by atoms with E-state index in [1.54, 1.807) is 11.3 Å². The first-order chi connectivity index (χ1) is 23.3. The number of thiophene rings is 1. The quantitative estimate of drug-likeness (QED) is 0.187. The standard InChI is InChI=1S/C43H26N2S2/c1-3-11-27(12-4-1)28-21-23-30(24-22-28)45(37-19-10-16-32-31-15-7-8-20-38(31)46-41(32)37)36-26-25-34-39-33(36)17-9-18-35(39)42-40(34)44-43(47-42)29-13-5-2-6-14-29/h1-26H. The smallest absolute Gasteiger partial charge is 0.124 e. The fraction of sp³-hybridized carbons (Fsp3) is 0. The fourth-order valence-electron chi connectivity index (χ4n) is 7.11. The highest BCUT2D eigenvalue weighted by atomic mass is 32.1. The van der Waals surface area contributed by atoms with E-state index in [9.17, 15) is 0 Å². The van der Waals surface area contributed by atoms with Crippen molar-refractivity contribution in [1.82, 2.24) is 4.98 Å². The van der Waals surface area contributed by atoms with Crippen LogP contribution >= 0.6 is 22.7 Å². The maximum absolute atomic E-state index is 5.20. The lowest BCUT2D eigenvalue weighted by Crippen LogP contribution is -2.10. The van der Waals surface area contributed by atoms with Gasteiger partial charge in [-0.1, -0.05) is 127 Å². The molecule has 10 rings (SSSR count). The van der Waals surface area contributed by atoms with Crippen molar-refractivity contribution in [3.63, 3.8) is 0 Å². The van der Waals surface area contributed by atoms with Crippen LogP contribution in [0, 0.1) is 0 Å². The second kappa shape index (κ2) is 10.5. The molecule has 0 spiro atoms. The van der Waals surface area contributed by atoms with Gasteiger partial charge in [-0.05, 0) is 41.5 Å². The predicted octanol–water partition coefficient (Wildman–Crippen LogP) is 13.1. The van der Waals surface area contributed by atoms with Gasteiger partial charge < -0.3 is 4.90 Å². The maximum atomic E-state index is 5.20. The van der Waals surface area contributed by atoms with E-state index >= 15 is 0 Å². The Kier molecular flexibility index (Phi) is 5.95. The Balaban J connectivity index is 1.19. The van der Waals surface area contributed by atoms with Crippen LogP contribution in [0.4, 0.5) is 17.1 Å². The molecule has 1 aliphatic carbocycles. The highest BCUT2D eigenvalue weighted by Crippen LogP contribution is 2.54. The van der Waals surface area contributed by atoms with Crippen LogP contribution in [0.2, 0.25) is 0 Å². The Labute approximate surface area is 280 Å². The average molecular weight is 635 g/mol. The number of fused-ring (bicyclic) bond motifs is 6. The number of hydrogen-bond acceptors (Lipinski definition) is 4. The van der Waals surface area contributed by atoms with Crippen molar-refractivity contribution < 1.29 is 0 Å². The first-order valence-corrected chi connectivity index (χ1v) is 17.4. The van der Waals surface area contributed by atoms with Gasteiger partial charge in [-0.25, -0.2) is 4.98 Å². The first-order valence-electron chi connectivity index (χ1n) is 15.8. The van der Waals surface area contributed by atoms with Crippen LogP contribution < -0.4 is 4.90 Å². The van der Waals surface area contributed by atoms with Crippen LogP contribution in [0.5, 0.6) is 0 Å². The van der Waals surface area contributed by atoms with Gasteiger partial charge in [0.15, 0.2) is 0 Å². The zero-order valence-electron chi connectivity index (χ0n) is 25.2. The minimum Gasteiger partial charge on any atom is -0.308 e. The molecule has 2 nitrogen and oxygen atoms in total. The minimum atomic E-state index is 1.07. The fourth-order valence-corrected chi connectivity index (χ4v) is 9.44. The van der Waals surface area contributed by atoms with Gasteiger partial charge in [-0.3, -0.25) is 0 Å². The monoisotopic (exact) mass is 634 g/mol. The molecule has 9 aromatic rings. The summed E-state index contributed by atoms with van der Waals surface area (Å²) in [4.78, 5) is 8.92. The topological polar surface area (TPSA) is 16.1 Å². The van der Waals surface area contributed by atoms with Crippen molar-refractivity contribution in [2.75, 3.05) is 4.90 Å². The molecule has 0 radical (unpaired) electrons. The molecule has 0 saturated heterocycles. The molecule has 0 fully saturated rings. The molecule has 0 atom stereocenters. The van der Waals surface area contributed by atoms with Gasteiger partial charge in [0.1, 0.15) is 5.01 Å². The number of aromatic nitrogens is 1. The van der Waals surface area contributed by atoms with Crippen molar-refractivity contribution in [3.05, 3.63) is 158 Å². The Bertz CT molecular complexity index is 2590. The average Bonchev–Trinajstić information content (AvgIpc) is 3.83. The Morgan fingerprint density at radius 1 is 0.447 bits per heavy atom. The summed E-state index contributed by atoms with van der Waals surface area (Å²) in [6.45, 7) is 0. The number of nitrogens with zero attached hydrogens (tertiary/aromatic N) is 2. The van der Waals surface area contributed by atoms with Gasteiger partial charge in [0.2, 0.25) is 0 Å².